The van der Waals surface area contributed by atoms with Crippen LogP contribution in [-0.4, -0.2) is 29.2 Å². The molecule has 0 saturated heterocycles. The predicted molar refractivity (Wildman–Crippen MR) is 54.5 cm³/mol. The van der Waals surface area contributed by atoms with E-state index in [2.05, 4.69) is 42.1 Å². The van der Waals surface area contributed by atoms with Gasteiger partial charge in [0.2, 0.25) is 0 Å². The molecule has 0 heterocycles. The standard InChI is InChI=1S/C5H9Si.3CH3.Pb/c1-5-6(2,3)4;;;;/h2-4H3;3*1H3;. The van der Waals surface area contributed by atoms with E-state index in [1.807, 2.05) is 0 Å². The van der Waals surface area contributed by atoms with Gasteiger partial charge in [-0.1, -0.05) is 0 Å². The maximum absolute atomic E-state index is 3.50. The topological polar surface area (TPSA) is 0 Å². The van der Waals surface area contributed by atoms with Crippen molar-refractivity contribution in [2.75, 3.05) is 0 Å². The van der Waals surface area contributed by atoms with E-state index < -0.39 is 29.2 Å². The molecule has 2 heteroatoms. The van der Waals surface area contributed by atoms with Crippen molar-refractivity contribution in [1.82, 2.24) is 0 Å². The summed E-state index contributed by atoms with van der Waals surface area (Å²) in [7, 11) is -1.07. The molecule has 0 unspecified atom stereocenters. The van der Waals surface area contributed by atoms with Gasteiger partial charge in [-0.05, 0) is 0 Å². The summed E-state index contributed by atoms with van der Waals surface area (Å²) >= 11 is -1.86. The predicted octanol–water partition coefficient (Wildman–Crippen LogP) is 2.74. The molecule has 0 aromatic heterocycles. The number of rotatable bonds is 0. The second kappa shape index (κ2) is 3.40. The van der Waals surface area contributed by atoms with Gasteiger partial charge in [0, 0.05) is 0 Å². The molecule has 0 aromatic carbocycles. The Balaban J connectivity index is 4.19. The molecular weight excluding hydrogens is 331 g/mol. The van der Waals surface area contributed by atoms with E-state index in [1.54, 1.807) is 0 Å². The molecule has 0 aromatic rings. The first-order valence-electron chi connectivity index (χ1n) is 3.75. The van der Waals surface area contributed by atoms with Crippen LogP contribution < -0.4 is 0 Å². The minimum absolute atomic E-state index is 1.07. The Morgan fingerprint density at radius 1 is 1.00 bits per heavy atom. The van der Waals surface area contributed by atoms with Crippen LogP contribution in [0.15, 0.2) is 0 Å². The van der Waals surface area contributed by atoms with Gasteiger partial charge < -0.3 is 0 Å². The second-order valence-corrected chi connectivity index (χ2v) is 28.0. The van der Waals surface area contributed by atoms with Crippen LogP contribution in [0.2, 0.25) is 33.1 Å². The first kappa shape index (κ1) is 10.7. The SMILES string of the molecule is C[Si](C)(C)C#[C][Pb]([CH3])([CH3])[CH3]. The molecule has 10 heavy (non-hydrogen) atoms. The van der Waals surface area contributed by atoms with Crippen molar-refractivity contribution in [2.45, 2.75) is 33.1 Å². The summed E-state index contributed by atoms with van der Waals surface area (Å²) in [6, 6.07) is 0. The van der Waals surface area contributed by atoms with E-state index in [-0.39, 0.29) is 0 Å². The molecule has 0 radical (unpaired) electrons. The van der Waals surface area contributed by atoms with Crippen molar-refractivity contribution in [1.29, 1.82) is 0 Å². The zero-order chi connectivity index (χ0) is 8.41. The Morgan fingerprint density at radius 3 is 1.50 bits per heavy atom. The number of hydrogen-bond acceptors (Lipinski definition) is 0. The van der Waals surface area contributed by atoms with Gasteiger partial charge in [0.15, 0.2) is 0 Å². The van der Waals surface area contributed by atoms with E-state index >= 15 is 0 Å². The number of hydrogen-bond donors (Lipinski definition) is 0. The van der Waals surface area contributed by atoms with E-state index in [0.717, 1.165) is 0 Å². The van der Waals surface area contributed by atoms with Gasteiger partial charge in [0.1, 0.15) is 0 Å². The normalized spacial score (nSPS) is 12.2. The van der Waals surface area contributed by atoms with Crippen LogP contribution in [-0.2, 0) is 0 Å². The van der Waals surface area contributed by atoms with E-state index in [1.165, 1.54) is 0 Å². The molecule has 0 bridgehead atoms. The summed E-state index contributed by atoms with van der Waals surface area (Å²) in [6.07, 6.45) is 0. The monoisotopic (exact) mass is 350 g/mol. The average Bonchev–Trinajstić information content (AvgIpc) is 1.57. The first-order valence-corrected chi connectivity index (χ1v) is 20.9. The summed E-state index contributed by atoms with van der Waals surface area (Å²) in [5.41, 5.74) is 3.45. The molecule has 0 N–H and O–H groups in total. The van der Waals surface area contributed by atoms with Crippen molar-refractivity contribution >= 4 is 29.2 Å². The molecule has 0 aliphatic carbocycles. The molecule has 0 fully saturated rings. The van der Waals surface area contributed by atoms with Gasteiger partial charge in [0.25, 0.3) is 0 Å². The Bertz CT molecular complexity index is 142. The van der Waals surface area contributed by atoms with Crippen molar-refractivity contribution in [3.05, 3.63) is 0 Å². The molecule has 0 atom stereocenters. The molecule has 0 aliphatic heterocycles. The summed E-state index contributed by atoms with van der Waals surface area (Å²) < 4.78 is 10.6. The van der Waals surface area contributed by atoms with E-state index in [0.29, 0.717) is 0 Å². The Labute approximate surface area is 71.1 Å². The fourth-order valence-electron chi connectivity index (χ4n) is 0.375. The van der Waals surface area contributed by atoms with Crippen LogP contribution in [0.3, 0.4) is 0 Å². The Hall–Kier alpha value is 0.699. The molecule has 0 rings (SSSR count). The van der Waals surface area contributed by atoms with Crippen molar-refractivity contribution < 1.29 is 0 Å². The van der Waals surface area contributed by atoms with Crippen molar-refractivity contribution in [3.63, 3.8) is 0 Å². The zero-order valence-corrected chi connectivity index (χ0v) is 12.9. The second-order valence-electron chi connectivity index (χ2n) is 4.75. The fraction of sp³-hybridized carbons (Fsp3) is 0.750. The first-order chi connectivity index (χ1) is 4.21. The van der Waals surface area contributed by atoms with Crippen LogP contribution >= 0.6 is 0 Å². The molecule has 58 valence electrons. The molecule has 0 saturated carbocycles. The Morgan fingerprint density at radius 2 is 1.40 bits per heavy atom. The van der Waals surface area contributed by atoms with Crippen molar-refractivity contribution in [3.8, 4) is 9.02 Å². The van der Waals surface area contributed by atoms with Gasteiger partial charge in [-0.15, -0.1) is 0 Å². The quantitative estimate of drug-likeness (QED) is 0.466. The molecule has 0 aliphatic rings. The maximum atomic E-state index is 3.50. The summed E-state index contributed by atoms with van der Waals surface area (Å²) in [5.74, 6) is 0. The zero-order valence-electron chi connectivity index (χ0n) is 8.00. The summed E-state index contributed by atoms with van der Waals surface area (Å²) in [5, 5.41) is 0. The van der Waals surface area contributed by atoms with Crippen molar-refractivity contribution in [2.24, 2.45) is 0 Å². The molecule has 0 amide bonds. The van der Waals surface area contributed by atoms with Gasteiger partial charge in [-0.25, -0.2) is 0 Å². The third kappa shape index (κ3) is 8.70. The van der Waals surface area contributed by atoms with E-state index in [4.69, 9.17) is 0 Å². The average molecular weight is 350 g/mol. The van der Waals surface area contributed by atoms with Gasteiger partial charge in [0.05, 0.1) is 0 Å². The molecule has 0 nitrogen and oxygen atoms in total. The van der Waals surface area contributed by atoms with Gasteiger partial charge >= 0.3 is 71.4 Å². The van der Waals surface area contributed by atoms with Gasteiger partial charge in [-0.3, -0.25) is 0 Å². The minimum atomic E-state index is -1.86. The molecule has 0 spiro atoms. The van der Waals surface area contributed by atoms with Crippen LogP contribution in [0.4, 0.5) is 0 Å². The summed E-state index contributed by atoms with van der Waals surface area (Å²) in [6.45, 7) is 6.92. The third-order valence-corrected chi connectivity index (χ3v) is 6.06. The Kier molecular flexibility index (Phi) is 3.63. The van der Waals surface area contributed by atoms with Crippen LogP contribution in [0.1, 0.15) is 0 Å². The third-order valence-electron chi connectivity index (χ3n) is 0.812. The molecular formula is C8H18PbSi. The van der Waals surface area contributed by atoms with E-state index in [9.17, 15) is 0 Å². The fourth-order valence-corrected chi connectivity index (χ4v) is 9.87. The van der Waals surface area contributed by atoms with Gasteiger partial charge in [-0.2, -0.15) is 0 Å². The van der Waals surface area contributed by atoms with Crippen LogP contribution in [0.5, 0.6) is 0 Å². The summed E-state index contributed by atoms with van der Waals surface area (Å²) in [4.78, 5) is 0. The van der Waals surface area contributed by atoms with Crippen LogP contribution in [0.25, 0.3) is 0 Å². The van der Waals surface area contributed by atoms with Crippen LogP contribution in [0, 0.1) is 9.02 Å².